The van der Waals surface area contributed by atoms with Gasteiger partial charge >= 0.3 is 12.3 Å². The molecule has 1 aliphatic heterocycles. The van der Waals surface area contributed by atoms with Crippen molar-refractivity contribution in [2.45, 2.75) is 63.0 Å². The zero-order valence-corrected chi connectivity index (χ0v) is 20.2. The van der Waals surface area contributed by atoms with Crippen LogP contribution in [0.3, 0.4) is 0 Å². The first kappa shape index (κ1) is 24.3. The van der Waals surface area contributed by atoms with Crippen LogP contribution in [0.1, 0.15) is 60.5 Å². The lowest BCUT2D eigenvalue weighted by Crippen LogP contribution is -2.52. The number of hydrogen-bond donors (Lipinski definition) is 1. The van der Waals surface area contributed by atoms with E-state index in [0.29, 0.717) is 11.6 Å². The van der Waals surface area contributed by atoms with Gasteiger partial charge in [0.05, 0.1) is 5.92 Å². The SMILES string of the molecule is O=C(O)[C@@H]1C[C@H]1CN(C1CC1)[C@H]1c2ccccc2N(C(=O)c2ccc(OC(F)(F)F)cc2)[C@@H]2CCC[C@@H]21. The molecule has 6 rings (SSSR count). The van der Waals surface area contributed by atoms with Gasteiger partial charge in [0.2, 0.25) is 0 Å². The van der Waals surface area contributed by atoms with Crippen LogP contribution < -0.4 is 9.64 Å². The van der Waals surface area contributed by atoms with Crippen molar-refractivity contribution in [3.63, 3.8) is 0 Å². The van der Waals surface area contributed by atoms with E-state index in [1.54, 1.807) is 0 Å². The maximum Gasteiger partial charge on any atom is 0.573 e. The summed E-state index contributed by atoms with van der Waals surface area (Å²) in [6.07, 6.45) is 0.965. The van der Waals surface area contributed by atoms with E-state index < -0.39 is 12.3 Å². The van der Waals surface area contributed by atoms with Gasteiger partial charge in [-0.25, -0.2) is 0 Å². The van der Waals surface area contributed by atoms with Gasteiger partial charge in [0, 0.05) is 35.9 Å². The summed E-state index contributed by atoms with van der Waals surface area (Å²) >= 11 is 0. The number of ether oxygens (including phenoxy) is 1. The van der Waals surface area contributed by atoms with Crippen molar-refractivity contribution in [3.8, 4) is 5.75 Å². The van der Waals surface area contributed by atoms with Crippen LogP contribution in [0.5, 0.6) is 5.75 Å². The average molecular weight is 515 g/mol. The number of fused-ring (bicyclic) bond motifs is 2. The van der Waals surface area contributed by atoms with Gasteiger partial charge in [-0.15, -0.1) is 13.2 Å². The van der Waals surface area contributed by atoms with Gasteiger partial charge in [0.1, 0.15) is 5.75 Å². The number of carbonyl (C=O) groups excluding carboxylic acids is 1. The molecule has 1 amide bonds. The Labute approximate surface area is 213 Å². The van der Waals surface area contributed by atoms with Crippen LogP contribution in [-0.4, -0.2) is 46.9 Å². The fraction of sp³-hybridized carbons (Fsp3) is 0.500. The molecule has 0 bridgehead atoms. The quantitative estimate of drug-likeness (QED) is 0.518. The summed E-state index contributed by atoms with van der Waals surface area (Å²) in [6.45, 7) is 0.762. The molecular weight excluding hydrogens is 485 g/mol. The van der Waals surface area contributed by atoms with E-state index in [0.717, 1.165) is 56.3 Å². The summed E-state index contributed by atoms with van der Waals surface area (Å²) in [5, 5.41) is 9.46. The summed E-state index contributed by atoms with van der Waals surface area (Å²) in [5.41, 5.74) is 2.23. The lowest BCUT2D eigenvalue weighted by atomic mass is 9.81. The number of aliphatic carboxylic acids is 1. The van der Waals surface area contributed by atoms with Crippen LogP contribution >= 0.6 is 0 Å². The minimum atomic E-state index is -4.79. The Balaban J connectivity index is 1.32. The minimum absolute atomic E-state index is 0.0192. The maximum atomic E-state index is 13.8. The molecule has 9 heteroatoms. The number of anilines is 1. The molecule has 3 saturated carbocycles. The second-order valence-corrected chi connectivity index (χ2v) is 10.8. The number of amides is 1. The molecule has 4 aliphatic rings. The Morgan fingerprint density at radius 3 is 2.41 bits per heavy atom. The van der Waals surface area contributed by atoms with Gasteiger partial charge in [0.15, 0.2) is 0 Å². The molecule has 1 N–H and O–H groups in total. The van der Waals surface area contributed by atoms with E-state index in [-0.39, 0.29) is 41.5 Å². The topological polar surface area (TPSA) is 70.1 Å². The molecule has 0 unspecified atom stereocenters. The fourth-order valence-electron chi connectivity index (χ4n) is 6.57. The molecule has 196 valence electrons. The first-order valence-electron chi connectivity index (χ1n) is 13.0. The molecule has 2 aromatic carbocycles. The molecule has 6 nitrogen and oxygen atoms in total. The lowest BCUT2D eigenvalue weighted by molar-refractivity contribution is -0.274. The van der Waals surface area contributed by atoms with E-state index in [2.05, 4.69) is 15.7 Å². The van der Waals surface area contributed by atoms with Gasteiger partial charge in [-0.1, -0.05) is 24.6 Å². The zero-order valence-electron chi connectivity index (χ0n) is 20.2. The van der Waals surface area contributed by atoms with Crippen LogP contribution in [0.2, 0.25) is 0 Å². The number of rotatable bonds is 7. The molecule has 0 aromatic heterocycles. The second-order valence-electron chi connectivity index (χ2n) is 10.8. The standard InChI is InChI=1S/C28H29F3N2O4/c29-28(30,31)37-19-12-8-16(9-13-19)26(34)33-23-6-2-1-4-20(23)25(21-5-3-7-24(21)33)32(18-10-11-18)15-17-14-22(17)27(35)36/h1-2,4,6,8-9,12-13,17-18,21-22,24-25H,3,5,7,10-11,14-15H2,(H,35,36)/t17-,21-,22+,24+,25-/m0/s1. The third kappa shape index (κ3) is 4.69. The third-order valence-electron chi connectivity index (χ3n) is 8.40. The van der Waals surface area contributed by atoms with Crippen molar-refractivity contribution in [3.05, 3.63) is 59.7 Å². The third-order valence-corrected chi connectivity index (χ3v) is 8.40. The molecule has 1 heterocycles. The van der Waals surface area contributed by atoms with Crippen LogP contribution in [0, 0.1) is 17.8 Å². The Bertz CT molecular complexity index is 1200. The summed E-state index contributed by atoms with van der Waals surface area (Å²) in [7, 11) is 0. The summed E-state index contributed by atoms with van der Waals surface area (Å²) in [4.78, 5) is 29.7. The molecule has 5 atom stereocenters. The van der Waals surface area contributed by atoms with Crippen molar-refractivity contribution in [2.24, 2.45) is 17.8 Å². The van der Waals surface area contributed by atoms with Crippen molar-refractivity contribution < 1.29 is 32.6 Å². The number of carboxylic acids is 1. The molecule has 2 aromatic rings. The molecule has 0 radical (unpaired) electrons. The number of carbonyl (C=O) groups is 2. The largest absolute Gasteiger partial charge is 0.573 e. The predicted octanol–water partition coefficient (Wildman–Crippen LogP) is 5.64. The molecule has 3 fully saturated rings. The summed E-state index contributed by atoms with van der Waals surface area (Å²) in [6, 6.07) is 13.6. The van der Waals surface area contributed by atoms with Gasteiger partial charge in [-0.3, -0.25) is 14.5 Å². The Hall–Kier alpha value is -3.07. The van der Waals surface area contributed by atoms with E-state index in [1.165, 1.54) is 24.3 Å². The number of benzene rings is 2. The Morgan fingerprint density at radius 1 is 1.03 bits per heavy atom. The molecular formula is C28H29F3N2O4. The van der Waals surface area contributed by atoms with Crippen molar-refractivity contribution in [1.82, 2.24) is 4.90 Å². The number of nitrogens with zero attached hydrogens (tertiary/aromatic N) is 2. The number of halogens is 3. The minimum Gasteiger partial charge on any atom is -0.481 e. The lowest BCUT2D eigenvalue weighted by Gasteiger charge is -2.48. The average Bonchev–Trinajstić information content (AvgIpc) is 3.78. The molecule has 37 heavy (non-hydrogen) atoms. The molecule has 0 saturated heterocycles. The smallest absolute Gasteiger partial charge is 0.481 e. The summed E-state index contributed by atoms with van der Waals surface area (Å²) in [5.74, 6) is -1.18. The van der Waals surface area contributed by atoms with Gasteiger partial charge in [-0.2, -0.15) is 0 Å². The van der Waals surface area contributed by atoms with E-state index >= 15 is 0 Å². The number of alkyl halides is 3. The first-order valence-corrected chi connectivity index (χ1v) is 13.0. The highest BCUT2D eigenvalue weighted by Gasteiger charge is 2.53. The van der Waals surface area contributed by atoms with Gasteiger partial charge < -0.3 is 14.7 Å². The van der Waals surface area contributed by atoms with E-state index in [1.807, 2.05) is 23.1 Å². The molecule has 3 aliphatic carbocycles. The van der Waals surface area contributed by atoms with Crippen molar-refractivity contribution >= 4 is 17.6 Å². The number of hydrogen-bond acceptors (Lipinski definition) is 4. The Morgan fingerprint density at radius 2 is 1.76 bits per heavy atom. The second kappa shape index (κ2) is 9.04. The highest BCUT2D eigenvalue weighted by Crippen LogP contribution is 2.54. The summed E-state index contributed by atoms with van der Waals surface area (Å²) < 4.78 is 41.7. The highest BCUT2D eigenvalue weighted by atomic mass is 19.4. The zero-order chi connectivity index (χ0) is 25.9. The first-order chi connectivity index (χ1) is 17.7. The highest BCUT2D eigenvalue weighted by molar-refractivity contribution is 6.07. The number of para-hydroxylation sites is 1. The monoisotopic (exact) mass is 514 g/mol. The molecule has 0 spiro atoms. The predicted molar refractivity (Wildman–Crippen MR) is 129 cm³/mol. The van der Waals surface area contributed by atoms with Gasteiger partial charge in [-0.05, 0) is 79.8 Å². The van der Waals surface area contributed by atoms with Gasteiger partial charge in [0.25, 0.3) is 5.91 Å². The van der Waals surface area contributed by atoms with Crippen molar-refractivity contribution in [2.75, 3.05) is 11.4 Å². The fourth-order valence-corrected chi connectivity index (χ4v) is 6.57. The van der Waals surface area contributed by atoms with E-state index in [4.69, 9.17) is 0 Å². The van der Waals surface area contributed by atoms with E-state index in [9.17, 15) is 27.9 Å². The van der Waals surface area contributed by atoms with Crippen molar-refractivity contribution in [1.29, 1.82) is 0 Å². The maximum absolute atomic E-state index is 13.8. The Kier molecular flexibility index (Phi) is 5.93. The van der Waals surface area contributed by atoms with Crippen LogP contribution in [0.4, 0.5) is 18.9 Å². The van der Waals surface area contributed by atoms with Crippen LogP contribution in [0.25, 0.3) is 0 Å². The van der Waals surface area contributed by atoms with Crippen LogP contribution in [0.15, 0.2) is 48.5 Å². The van der Waals surface area contributed by atoms with Crippen LogP contribution in [-0.2, 0) is 4.79 Å². The number of carboxylic acid groups (broad SMARTS) is 1. The normalized spacial score (nSPS) is 28.5.